The molecule has 3 atom stereocenters. The van der Waals surface area contributed by atoms with Crippen molar-refractivity contribution in [3.8, 4) is 11.5 Å². The van der Waals surface area contributed by atoms with E-state index in [1.807, 2.05) is 0 Å². The largest absolute Gasteiger partial charge is 0.497 e. The number of nitrogens with one attached hydrogen (secondary N) is 2. The van der Waals surface area contributed by atoms with Crippen LogP contribution in [0.5, 0.6) is 11.5 Å². The van der Waals surface area contributed by atoms with Crippen molar-refractivity contribution in [2.24, 2.45) is 5.92 Å². The Morgan fingerprint density at radius 2 is 1.88 bits per heavy atom. The third-order valence-electron chi connectivity index (χ3n) is 8.34. The lowest BCUT2D eigenvalue weighted by molar-refractivity contribution is -0.134. The molecule has 10 nitrogen and oxygen atoms in total. The van der Waals surface area contributed by atoms with Crippen molar-refractivity contribution >= 4 is 27.5 Å². The number of anilines is 1. The molecule has 41 heavy (non-hydrogen) atoms. The molecule has 0 spiro atoms. The fourth-order valence-electron chi connectivity index (χ4n) is 6.00. The van der Waals surface area contributed by atoms with Gasteiger partial charge in [0.25, 0.3) is 15.9 Å². The second-order valence-electron chi connectivity index (χ2n) is 11.2. The summed E-state index contributed by atoms with van der Waals surface area (Å²) in [7, 11) is -0.723. The van der Waals surface area contributed by atoms with Crippen LogP contribution in [0.4, 0.5) is 5.69 Å². The molecule has 0 radical (unpaired) electrons. The van der Waals surface area contributed by atoms with Crippen LogP contribution in [0, 0.1) is 5.92 Å². The lowest BCUT2D eigenvalue weighted by Gasteiger charge is -2.42. The number of carbonyl (C=O) groups is 2. The summed E-state index contributed by atoms with van der Waals surface area (Å²) in [6.07, 6.45) is 7.14. The highest BCUT2D eigenvalue weighted by Gasteiger charge is 2.39. The summed E-state index contributed by atoms with van der Waals surface area (Å²) in [5.74, 6) is 1.05. The standard InChI is InChI=1S/C30H39N3O7S/c1-33-26-13-12-23(17-29(34)31-18-20-7-4-3-5-8-20)40-28(26)19-39-27-14-11-21(15-25(27)30(33)35)32-41(36,37)24-10-6-9-22(16-24)38-2/h6,9-11,14-16,20,23,26,28,32H,3-5,7-8,12-13,17-19H2,1-2H3,(H,31,34)/t23-,26-,28+/m0/s1. The van der Waals surface area contributed by atoms with Gasteiger partial charge in [0, 0.05) is 25.3 Å². The number of nitrogens with zero attached hydrogens (tertiary/aromatic N) is 1. The van der Waals surface area contributed by atoms with Gasteiger partial charge in [-0.15, -0.1) is 0 Å². The first-order valence-electron chi connectivity index (χ1n) is 14.4. The molecule has 0 aromatic heterocycles. The number of benzene rings is 2. The van der Waals surface area contributed by atoms with Gasteiger partial charge in [-0.05, 0) is 61.9 Å². The zero-order valence-electron chi connectivity index (χ0n) is 23.6. The third-order valence-corrected chi connectivity index (χ3v) is 9.72. The Hall–Kier alpha value is -3.31. The average Bonchev–Trinajstić information content (AvgIpc) is 2.98. The van der Waals surface area contributed by atoms with Gasteiger partial charge in [-0.3, -0.25) is 14.3 Å². The maximum Gasteiger partial charge on any atom is 0.262 e. The summed E-state index contributed by atoms with van der Waals surface area (Å²) in [6.45, 7) is 0.941. The Balaban J connectivity index is 1.23. The van der Waals surface area contributed by atoms with Crippen molar-refractivity contribution in [2.45, 2.75) is 74.5 Å². The molecular formula is C30H39N3O7S. The molecule has 1 saturated heterocycles. The molecule has 3 aliphatic rings. The smallest absolute Gasteiger partial charge is 0.262 e. The van der Waals surface area contributed by atoms with Crippen LogP contribution in [0.15, 0.2) is 47.4 Å². The number of amides is 2. The van der Waals surface area contributed by atoms with Crippen LogP contribution in [-0.4, -0.2) is 70.7 Å². The van der Waals surface area contributed by atoms with E-state index in [0.29, 0.717) is 36.7 Å². The van der Waals surface area contributed by atoms with Gasteiger partial charge >= 0.3 is 0 Å². The lowest BCUT2D eigenvalue weighted by Crippen LogP contribution is -2.54. The maximum atomic E-state index is 13.5. The Labute approximate surface area is 241 Å². The lowest BCUT2D eigenvalue weighted by atomic mass is 9.89. The zero-order chi connectivity index (χ0) is 29.0. The first-order valence-corrected chi connectivity index (χ1v) is 15.8. The maximum absolute atomic E-state index is 13.5. The van der Waals surface area contributed by atoms with Gasteiger partial charge in [0.2, 0.25) is 5.91 Å². The summed E-state index contributed by atoms with van der Waals surface area (Å²) >= 11 is 0. The normalized spacial score (nSPS) is 23.3. The van der Waals surface area contributed by atoms with Crippen LogP contribution in [0.3, 0.4) is 0 Å². The molecule has 0 bridgehead atoms. The van der Waals surface area contributed by atoms with Gasteiger partial charge in [-0.25, -0.2) is 8.42 Å². The van der Waals surface area contributed by atoms with E-state index < -0.39 is 10.0 Å². The molecule has 2 aliphatic heterocycles. The number of carbonyl (C=O) groups excluding carboxylic acids is 2. The van der Waals surface area contributed by atoms with Crippen molar-refractivity contribution in [1.29, 1.82) is 0 Å². The molecule has 222 valence electrons. The second-order valence-corrected chi connectivity index (χ2v) is 12.9. The molecule has 2 N–H and O–H groups in total. The number of methoxy groups -OCH3 is 1. The van der Waals surface area contributed by atoms with Crippen LogP contribution in [0.25, 0.3) is 0 Å². The van der Waals surface area contributed by atoms with Gasteiger partial charge in [-0.1, -0.05) is 25.3 Å². The van der Waals surface area contributed by atoms with E-state index in [1.165, 1.54) is 57.4 Å². The number of sulfonamides is 1. The zero-order valence-corrected chi connectivity index (χ0v) is 24.5. The van der Waals surface area contributed by atoms with Crippen molar-refractivity contribution in [3.63, 3.8) is 0 Å². The minimum Gasteiger partial charge on any atom is -0.497 e. The Bertz CT molecular complexity index is 1360. The van der Waals surface area contributed by atoms with E-state index in [4.69, 9.17) is 14.2 Å². The average molecular weight is 586 g/mol. The van der Waals surface area contributed by atoms with Crippen LogP contribution in [0.1, 0.15) is 61.7 Å². The van der Waals surface area contributed by atoms with E-state index >= 15 is 0 Å². The predicted octanol–water partition coefficient (Wildman–Crippen LogP) is 3.96. The Morgan fingerprint density at radius 1 is 1.07 bits per heavy atom. The molecule has 11 heteroatoms. The quantitative estimate of drug-likeness (QED) is 0.481. The Kier molecular flexibility index (Phi) is 9.03. The monoisotopic (exact) mass is 585 g/mol. The van der Waals surface area contributed by atoms with Crippen molar-refractivity contribution in [3.05, 3.63) is 48.0 Å². The molecule has 2 fully saturated rings. The highest BCUT2D eigenvalue weighted by atomic mass is 32.2. The minimum absolute atomic E-state index is 0.00416. The van der Waals surface area contributed by atoms with Crippen LogP contribution >= 0.6 is 0 Å². The first-order chi connectivity index (χ1) is 19.7. The van der Waals surface area contributed by atoms with E-state index in [9.17, 15) is 18.0 Å². The third kappa shape index (κ3) is 6.95. The summed E-state index contributed by atoms with van der Waals surface area (Å²) < 4.78 is 46.0. The Morgan fingerprint density at radius 3 is 2.66 bits per heavy atom. The molecule has 2 aromatic rings. The number of ether oxygens (including phenoxy) is 3. The summed E-state index contributed by atoms with van der Waals surface area (Å²) in [4.78, 5) is 27.9. The second kappa shape index (κ2) is 12.7. The van der Waals surface area contributed by atoms with Gasteiger partial charge in [-0.2, -0.15) is 0 Å². The number of rotatable bonds is 8. The topological polar surface area (TPSA) is 123 Å². The fraction of sp³-hybridized carbons (Fsp3) is 0.533. The summed E-state index contributed by atoms with van der Waals surface area (Å²) in [5, 5.41) is 3.09. The fourth-order valence-corrected chi connectivity index (χ4v) is 7.09. The van der Waals surface area contributed by atoms with Crippen LogP contribution in [-0.2, 0) is 19.6 Å². The molecule has 2 aromatic carbocycles. The van der Waals surface area contributed by atoms with Crippen LogP contribution < -0.4 is 19.5 Å². The molecule has 5 rings (SSSR count). The van der Waals surface area contributed by atoms with Gasteiger partial charge in [0.15, 0.2) is 0 Å². The van der Waals surface area contributed by atoms with E-state index in [-0.39, 0.29) is 52.8 Å². The number of hydrogen-bond donors (Lipinski definition) is 2. The summed E-state index contributed by atoms with van der Waals surface area (Å²) in [5.41, 5.74) is 0.509. The van der Waals surface area contributed by atoms with Crippen LogP contribution in [0.2, 0.25) is 0 Å². The molecule has 1 aliphatic carbocycles. The van der Waals surface area contributed by atoms with E-state index in [2.05, 4.69) is 10.0 Å². The van der Waals surface area contributed by atoms with Crippen molar-refractivity contribution < 1.29 is 32.2 Å². The molecule has 2 amide bonds. The number of fused-ring (bicyclic) bond motifs is 2. The SMILES string of the molecule is COc1cccc(S(=O)(=O)Nc2ccc3c(c2)C(=O)N(C)[C@H]2CC[C@@H](CC(=O)NCC4CCCCC4)O[C@@H]2CO3)c1. The molecule has 2 heterocycles. The predicted molar refractivity (Wildman–Crippen MR) is 154 cm³/mol. The summed E-state index contributed by atoms with van der Waals surface area (Å²) in [6, 6.07) is 10.6. The highest BCUT2D eigenvalue weighted by molar-refractivity contribution is 7.92. The molecule has 1 saturated carbocycles. The van der Waals surface area contributed by atoms with Crippen molar-refractivity contribution in [2.75, 3.05) is 32.0 Å². The molecule has 0 unspecified atom stereocenters. The van der Waals surface area contributed by atoms with Gasteiger partial charge < -0.3 is 24.4 Å². The molecular weight excluding hydrogens is 546 g/mol. The number of hydrogen-bond acceptors (Lipinski definition) is 7. The van der Waals surface area contributed by atoms with Crippen molar-refractivity contribution in [1.82, 2.24) is 10.2 Å². The minimum atomic E-state index is -3.91. The van der Waals surface area contributed by atoms with E-state index in [0.717, 1.165) is 6.54 Å². The van der Waals surface area contributed by atoms with Gasteiger partial charge in [0.1, 0.15) is 24.2 Å². The first kappa shape index (κ1) is 29.2. The highest BCUT2D eigenvalue weighted by Crippen LogP contribution is 2.33. The van der Waals surface area contributed by atoms with Gasteiger partial charge in [0.05, 0.1) is 36.1 Å². The van der Waals surface area contributed by atoms with E-state index in [1.54, 1.807) is 36.2 Å². The number of likely N-dealkylation sites (N-methyl/N-ethyl adjacent to an activating group) is 1.